The summed E-state index contributed by atoms with van der Waals surface area (Å²) in [4.78, 5) is 14.4. The standard InChI is InChI=1S/C14H20N2OS/c1-10-8-12(15-3)4-5-13(10)14(17)16-6-7-18-11(2)9-16/h4-5,8,11,15H,6-7,9H2,1-3H3. The normalized spacial score (nSPS) is 19.7. The molecule has 98 valence electrons. The van der Waals surface area contributed by atoms with Gasteiger partial charge in [0.05, 0.1) is 0 Å². The van der Waals surface area contributed by atoms with E-state index in [1.54, 1.807) is 0 Å². The number of carbonyl (C=O) groups excluding carboxylic acids is 1. The molecule has 0 spiro atoms. The van der Waals surface area contributed by atoms with E-state index in [0.717, 1.165) is 35.7 Å². The van der Waals surface area contributed by atoms with Crippen molar-refractivity contribution in [3.8, 4) is 0 Å². The molecule has 2 rings (SSSR count). The van der Waals surface area contributed by atoms with Gasteiger partial charge < -0.3 is 10.2 Å². The molecule has 1 unspecified atom stereocenters. The van der Waals surface area contributed by atoms with Crippen molar-refractivity contribution in [2.24, 2.45) is 0 Å². The van der Waals surface area contributed by atoms with Crippen LogP contribution in [0.2, 0.25) is 0 Å². The molecule has 4 heteroatoms. The molecule has 1 saturated heterocycles. The van der Waals surface area contributed by atoms with Gasteiger partial charge in [0.1, 0.15) is 0 Å². The number of nitrogens with one attached hydrogen (secondary N) is 1. The largest absolute Gasteiger partial charge is 0.388 e. The molecule has 1 N–H and O–H groups in total. The topological polar surface area (TPSA) is 32.3 Å². The minimum Gasteiger partial charge on any atom is -0.388 e. The molecule has 3 nitrogen and oxygen atoms in total. The lowest BCUT2D eigenvalue weighted by molar-refractivity contribution is 0.0762. The van der Waals surface area contributed by atoms with Gasteiger partial charge in [-0.25, -0.2) is 0 Å². The minimum absolute atomic E-state index is 0.169. The smallest absolute Gasteiger partial charge is 0.254 e. The Balaban J connectivity index is 2.17. The second-order valence-corrected chi connectivity index (χ2v) is 6.26. The number of hydrogen-bond acceptors (Lipinski definition) is 3. The molecular formula is C14H20N2OS. The van der Waals surface area contributed by atoms with Crippen molar-refractivity contribution in [3.05, 3.63) is 29.3 Å². The number of thioether (sulfide) groups is 1. The summed E-state index contributed by atoms with van der Waals surface area (Å²) in [5.41, 5.74) is 2.91. The summed E-state index contributed by atoms with van der Waals surface area (Å²) in [5, 5.41) is 3.63. The number of benzene rings is 1. The van der Waals surface area contributed by atoms with E-state index in [9.17, 15) is 4.79 Å². The van der Waals surface area contributed by atoms with Crippen molar-refractivity contribution in [2.45, 2.75) is 19.1 Å². The number of amides is 1. The first-order chi connectivity index (χ1) is 8.61. The number of rotatable bonds is 2. The van der Waals surface area contributed by atoms with Crippen LogP contribution in [0.4, 0.5) is 5.69 Å². The van der Waals surface area contributed by atoms with Crippen LogP contribution in [0.25, 0.3) is 0 Å². The maximum atomic E-state index is 12.5. The van der Waals surface area contributed by atoms with E-state index in [4.69, 9.17) is 0 Å². The van der Waals surface area contributed by atoms with Crippen LogP contribution in [0.5, 0.6) is 0 Å². The number of anilines is 1. The highest BCUT2D eigenvalue weighted by molar-refractivity contribution is 7.99. The number of nitrogens with zero attached hydrogens (tertiary/aromatic N) is 1. The fraction of sp³-hybridized carbons (Fsp3) is 0.500. The Labute approximate surface area is 113 Å². The molecule has 0 bridgehead atoms. The molecule has 1 aliphatic heterocycles. The second kappa shape index (κ2) is 5.65. The molecule has 1 heterocycles. The first-order valence-corrected chi connectivity index (χ1v) is 7.36. The van der Waals surface area contributed by atoms with E-state index in [-0.39, 0.29) is 5.91 Å². The van der Waals surface area contributed by atoms with Gasteiger partial charge in [-0.2, -0.15) is 11.8 Å². The van der Waals surface area contributed by atoms with Crippen molar-refractivity contribution in [1.82, 2.24) is 4.90 Å². The van der Waals surface area contributed by atoms with Crippen LogP contribution < -0.4 is 5.32 Å². The quantitative estimate of drug-likeness (QED) is 0.891. The van der Waals surface area contributed by atoms with Crippen LogP contribution in [0.15, 0.2) is 18.2 Å². The first kappa shape index (κ1) is 13.3. The Morgan fingerprint density at radius 3 is 2.89 bits per heavy atom. The maximum absolute atomic E-state index is 12.5. The molecular weight excluding hydrogens is 244 g/mol. The second-order valence-electron chi connectivity index (χ2n) is 4.71. The van der Waals surface area contributed by atoms with Crippen LogP contribution in [-0.2, 0) is 0 Å². The van der Waals surface area contributed by atoms with Gasteiger partial charge >= 0.3 is 0 Å². The molecule has 0 aromatic heterocycles. The minimum atomic E-state index is 0.169. The van der Waals surface area contributed by atoms with Gasteiger partial charge in [-0.05, 0) is 30.7 Å². The van der Waals surface area contributed by atoms with E-state index in [1.807, 2.05) is 48.8 Å². The Kier molecular flexibility index (Phi) is 4.17. The lowest BCUT2D eigenvalue weighted by atomic mass is 10.1. The number of aryl methyl sites for hydroxylation is 1. The summed E-state index contributed by atoms with van der Waals surface area (Å²) >= 11 is 1.94. The summed E-state index contributed by atoms with van der Waals surface area (Å²) in [6.45, 7) is 5.90. The Morgan fingerprint density at radius 1 is 1.50 bits per heavy atom. The van der Waals surface area contributed by atoms with Gasteiger partial charge in [-0.3, -0.25) is 4.79 Å². The molecule has 1 aromatic rings. The maximum Gasteiger partial charge on any atom is 0.254 e. The van der Waals surface area contributed by atoms with Gasteiger partial charge in [-0.1, -0.05) is 6.92 Å². The van der Waals surface area contributed by atoms with Crippen LogP contribution in [0.3, 0.4) is 0 Å². The molecule has 0 radical (unpaired) electrons. The van der Waals surface area contributed by atoms with Crippen molar-refractivity contribution < 1.29 is 4.79 Å². The van der Waals surface area contributed by atoms with Gasteiger partial charge in [0.15, 0.2) is 0 Å². The van der Waals surface area contributed by atoms with E-state index in [1.165, 1.54) is 0 Å². The fourth-order valence-electron chi connectivity index (χ4n) is 2.23. The van der Waals surface area contributed by atoms with Crippen molar-refractivity contribution in [1.29, 1.82) is 0 Å². The lowest BCUT2D eigenvalue weighted by Gasteiger charge is -2.31. The molecule has 1 aromatic carbocycles. The van der Waals surface area contributed by atoms with Crippen LogP contribution in [-0.4, -0.2) is 41.9 Å². The van der Waals surface area contributed by atoms with E-state index in [2.05, 4.69) is 12.2 Å². The summed E-state index contributed by atoms with van der Waals surface area (Å²) in [7, 11) is 1.89. The zero-order valence-electron chi connectivity index (χ0n) is 11.2. The summed E-state index contributed by atoms with van der Waals surface area (Å²) < 4.78 is 0. The Morgan fingerprint density at radius 2 is 2.28 bits per heavy atom. The van der Waals surface area contributed by atoms with Crippen molar-refractivity contribution >= 4 is 23.4 Å². The molecule has 1 fully saturated rings. The van der Waals surface area contributed by atoms with Gasteiger partial charge in [0.25, 0.3) is 5.91 Å². The summed E-state index contributed by atoms with van der Waals surface area (Å²) in [6, 6.07) is 5.91. The van der Waals surface area contributed by atoms with E-state index >= 15 is 0 Å². The van der Waals surface area contributed by atoms with Crippen molar-refractivity contribution in [3.63, 3.8) is 0 Å². The molecule has 1 amide bonds. The molecule has 18 heavy (non-hydrogen) atoms. The van der Waals surface area contributed by atoms with Crippen LogP contribution in [0.1, 0.15) is 22.8 Å². The van der Waals surface area contributed by atoms with E-state index in [0.29, 0.717) is 5.25 Å². The Bertz CT molecular complexity index is 447. The SMILES string of the molecule is CNc1ccc(C(=O)N2CCSC(C)C2)c(C)c1. The first-order valence-electron chi connectivity index (χ1n) is 6.31. The van der Waals surface area contributed by atoms with Gasteiger partial charge in [0.2, 0.25) is 0 Å². The fourth-order valence-corrected chi connectivity index (χ4v) is 3.25. The zero-order chi connectivity index (χ0) is 13.1. The third-order valence-corrected chi connectivity index (χ3v) is 4.41. The molecule has 1 atom stereocenters. The monoisotopic (exact) mass is 264 g/mol. The predicted molar refractivity (Wildman–Crippen MR) is 78.5 cm³/mol. The highest BCUT2D eigenvalue weighted by Crippen LogP contribution is 2.22. The van der Waals surface area contributed by atoms with Gasteiger partial charge in [-0.15, -0.1) is 0 Å². The van der Waals surface area contributed by atoms with E-state index < -0.39 is 0 Å². The van der Waals surface area contributed by atoms with Crippen LogP contribution >= 0.6 is 11.8 Å². The third-order valence-electron chi connectivity index (χ3n) is 3.27. The van der Waals surface area contributed by atoms with Crippen molar-refractivity contribution in [2.75, 3.05) is 31.2 Å². The summed E-state index contributed by atoms with van der Waals surface area (Å²) in [5.74, 6) is 1.21. The highest BCUT2D eigenvalue weighted by atomic mass is 32.2. The average Bonchev–Trinajstić information content (AvgIpc) is 2.37. The predicted octanol–water partition coefficient (Wildman–Crippen LogP) is 2.61. The molecule has 1 aliphatic rings. The summed E-state index contributed by atoms with van der Waals surface area (Å²) in [6.07, 6.45) is 0. The molecule has 0 saturated carbocycles. The highest BCUT2D eigenvalue weighted by Gasteiger charge is 2.23. The lowest BCUT2D eigenvalue weighted by Crippen LogP contribution is -2.41. The Hall–Kier alpha value is -1.16. The number of carbonyl (C=O) groups is 1. The zero-order valence-corrected chi connectivity index (χ0v) is 12.0. The van der Waals surface area contributed by atoms with Crippen LogP contribution in [0, 0.1) is 6.92 Å². The van der Waals surface area contributed by atoms with Gasteiger partial charge in [0, 0.05) is 42.4 Å². The molecule has 0 aliphatic carbocycles. The average molecular weight is 264 g/mol. The third kappa shape index (κ3) is 2.80. The number of hydrogen-bond donors (Lipinski definition) is 1.